The molecule has 0 saturated heterocycles. The van der Waals surface area contributed by atoms with Crippen LogP contribution in [0.25, 0.3) is 0 Å². The number of halogens is 3. The van der Waals surface area contributed by atoms with Gasteiger partial charge in [-0.3, -0.25) is 0 Å². The van der Waals surface area contributed by atoms with Gasteiger partial charge in [0.2, 0.25) is 0 Å². The van der Waals surface area contributed by atoms with E-state index in [0.717, 1.165) is 11.6 Å². The van der Waals surface area contributed by atoms with Crippen molar-refractivity contribution in [2.24, 2.45) is 0 Å². The highest BCUT2D eigenvalue weighted by molar-refractivity contribution is 5.38. The lowest BCUT2D eigenvalue weighted by atomic mass is 10.1. The van der Waals surface area contributed by atoms with Crippen LogP contribution in [0.3, 0.4) is 0 Å². The first-order valence-electron chi connectivity index (χ1n) is 5.76. The first kappa shape index (κ1) is 13.9. The van der Waals surface area contributed by atoms with Crippen LogP contribution < -0.4 is 5.32 Å². The number of nitrogens with zero attached hydrogens (tertiary/aromatic N) is 2. The van der Waals surface area contributed by atoms with E-state index in [1.54, 1.807) is 24.3 Å². The molecular weight excluding hydrogens is 267 g/mol. The van der Waals surface area contributed by atoms with Crippen molar-refractivity contribution >= 4 is 5.82 Å². The van der Waals surface area contributed by atoms with Crippen LogP contribution >= 0.6 is 0 Å². The maximum absolute atomic E-state index is 12.5. The lowest BCUT2D eigenvalue weighted by molar-refractivity contribution is -0.141. The minimum atomic E-state index is -4.45. The molecule has 2 aromatic rings. The smallest absolute Gasteiger partial charge is 0.366 e. The highest BCUT2D eigenvalue weighted by Gasteiger charge is 2.32. The molecule has 20 heavy (non-hydrogen) atoms. The average molecular weight is 277 g/mol. The number of nitriles is 1. The van der Waals surface area contributed by atoms with Gasteiger partial charge in [-0.25, -0.2) is 4.98 Å². The molecule has 0 amide bonds. The summed E-state index contributed by atoms with van der Waals surface area (Å²) < 4.78 is 37.5. The van der Waals surface area contributed by atoms with Crippen molar-refractivity contribution in [1.82, 2.24) is 4.98 Å². The van der Waals surface area contributed by atoms with Gasteiger partial charge in [-0.05, 0) is 29.8 Å². The van der Waals surface area contributed by atoms with E-state index < -0.39 is 11.9 Å². The summed E-state index contributed by atoms with van der Waals surface area (Å²) in [5, 5.41) is 11.5. The zero-order chi connectivity index (χ0) is 14.6. The second kappa shape index (κ2) is 5.61. The number of nitrogens with one attached hydrogen (secondary N) is 1. The van der Waals surface area contributed by atoms with Crippen molar-refractivity contribution in [2.45, 2.75) is 12.7 Å². The molecule has 1 aromatic carbocycles. The average Bonchev–Trinajstić information content (AvgIpc) is 2.45. The van der Waals surface area contributed by atoms with Crippen molar-refractivity contribution in [1.29, 1.82) is 5.26 Å². The Morgan fingerprint density at radius 3 is 2.40 bits per heavy atom. The van der Waals surface area contributed by atoms with Crippen molar-refractivity contribution in [2.75, 3.05) is 5.32 Å². The molecule has 102 valence electrons. The molecule has 1 heterocycles. The molecule has 0 aliphatic heterocycles. The number of rotatable bonds is 3. The highest BCUT2D eigenvalue weighted by Crippen LogP contribution is 2.28. The number of anilines is 1. The third kappa shape index (κ3) is 3.48. The number of hydrogen-bond donors (Lipinski definition) is 1. The van der Waals surface area contributed by atoms with Crippen LogP contribution in [0.2, 0.25) is 0 Å². The molecule has 0 bridgehead atoms. The van der Waals surface area contributed by atoms with Crippen LogP contribution in [-0.2, 0) is 12.7 Å². The Hall–Kier alpha value is -2.55. The summed E-state index contributed by atoms with van der Waals surface area (Å²) >= 11 is 0. The van der Waals surface area contributed by atoms with E-state index in [4.69, 9.17) is 5.26 Å². The molecule has 0 unspecified atom stereocenters. The predicted octanol–water partition coefficient (Wildman–Crippen LogP) is 3.58. The van der Waals surface area contributed by atoms with Gasteiger partial charge < -0.3 is 5.32 Å². The molecule has 0 radical (unpaired) electrons. The van der Waals surface area contributed by atoms with E-state index in [0.29, 0.717) is 12.1 Å². The fraction of sp³-hybridized carbons (Fsp3) is 0.143. The van der Waals surface area contributed by atoms with E-state index >= 15 is 0 Å². The number of hydrogen-bond acceptors (Lipinski definition) is 3. The Bertz CT molecular complexity index is 627. The number of benzene rings is 1. The van der Waals surface area contributed by atoms with Crippen LogP contribution in [0.1, 0.15) is 16.8 Å². The third-order valence-corrected chi connectivity index (χ3v) is 2.60. The second-order valence-corrected chi connectivity index (χ2v) is 4.07. The van der Waals surface area contributed by atoms with Crippen molar-refractivity contribution in [3.63, 3.8) is 0 Å². The SMILES string of the molecule is N#Cc1ccc(CNc2cccc(C(F)(F)F)n2)cc1. The first-order valence-corrected chi connectivity index (χ1v) is 5.76. The maximum atomic E-state index is 12.5. The summed E-state index contributed by atoms with van der Waals surface area (Å²) in [6.07, 6.45) is -4.45. The number of aromatic nitrogens is 1. The fourth-order valence-corrected chi connectivity index (χ4v) is 1.58. The number of alkyl halides is 3. The Morgan fingerprint density at radius 1 is 1.10 bits per heavy atom. The summed E-state index contributed by atoms with van der Waals surface area (Å²) in [6.45, 7) is 0.333. The highest BCUT2D eigenvalue weighted by atomic mass is 19.4. The molecular formula is C14H10F3N3. The molecule has 1 aromatic heterocycles. The quantitative estimate of drug-likeness (QED) is 0.932. The van der Waals surface area contributed by atoms with Crippen LogP contribution in [0.5, 0.6) is 0 Å². The molecule has 0 aliphatic rings. The second-order valence-electron chi connectivity index (χ2n) is 4.07. The van der Waals surface area contributed by atoms with Gasteiger partial charge in [0.05, 0.1) is 11.6 Å². The molecule has 6 heteroatoms. The summed E-state index contributed by atoms with van der Waals surface area (Å²) in [5.74, 6) is 0.157. The monoisotopic (exact) mass is 277 g/mol. The molecule has 0 fully saturated rings. The van der Waals surface area contributed by atoms with E-state index in [1.165, 1.54) is 12.1 Å². The summed E-state index contributed by atoms with van der Waals surface area (Å²) in [4.78, 5) is 3.50. The summed E-state index contributed by atoms with van der Waals surface area (Å²) in [5.41, 5.74) is 0.455. The van der Waals surface area contributed by atoms with Crippen molar-refractivity contribution in [3.8, 4) is 6.07 Å². The Balaban J connectivity index is 2.05. The lowest BCUT2D eigenvalue weighted by Gasteiger charge is -2.09. The fourth-order valence-electron chi connectivity index (χ4n) is 1.58. The van der Waals surface area contributed by atoms with Gasteiger partial charge in [0.1, 0.15) is 11.5 Å². The minimum Gasteiger partial charge on any atom is -0.366 e. The van der Waals surface area contributed by atoms with Gasteiger partial charge in [-0.1, -0.05) is 18.2 Å². The molecule has 0 spiro atoms. The van der Waals surface area contributed by atoms with Gasteiger partial charge >= 0.3 is 6.18 Å². The number of pyridine rings is 1. The summed E-state index contributed by atoms with van der Waals surface area (Å²) in [6, 6.07) is 12.5. The maximum Gasteiger partial charge on any atom is 0.433 e. The largest absolute Gasteiger partial charge is 0.433 e. The van der Waals surface area contributed by atoms with Gasteiger partial charge in [-0.2, -0.15) is 18.4 Å². The van der Waals surface area contributed by atoms with E-state index in [-0.39, 0.29) is 5.82 Å². The Labute approximate surface area is 113 Å². The van der Waals surface area contributed by atoms with E-state index in [1.807, 2.05) is 6.07 Å². The third-order valence-electron chi connectivity index (χ3n) is 2.60. The first-order chi connectivity index (χ1) is 9.49. The van der Waals surface area contributed by atoms with Crippen LogP contribution in [-0.4, -0.2) is 4.98 Å². The molecule has 0 saturated carbocycles. The van der Waals surface area contributed by atoms with Crippen LogP contribution in [0.4, 0.5) is 19.0 Å². The molecule has 3 nitrogen and oxygen atoms in total. The van der Waals surface area contributed by atoms with Gasteiger partial charge in [0, 0.05) is 6.54 Å². The topological polar surface area (TPSA) is 48.7 Å². The van der Waals surface area contributed by atoms with E-state index in [9.17, 15) is 13.2 Å². The molecule has 0 atom stereocenters. The van der Waals surface area contributed by atoms with Crippen molar-refractivity contribution < 1.29 is 13.2 Å². The predicted molar refractivity (Wildman–Crippen MR) is 67.7 cm³/mol. The zero-order valence-corrected chi connectivity index (χ0v) is 10.3. The van der Waals surface area contributed by atoms with Crippen molar-refractivity contribution in [3.05, 3.63) is 59.3 Å². The molecule has 1 N–H and O–H groups in total. The van der Waals surface area contributed by atoms with Crippen LogP contribution in [0, 0.1) is 11.3 Å². The Morgan fingerprint density at radius 2 is 1.80 bits per heavy atom. The molecule has 2 rings (SSSR count). The summed E-state index contributed by atoms with van der Waals surface area (Å²) in [7, 11) is 0. The van der Waals surface area contributed by atoms with Gasteiger partial charge in [0.25, 0.3) is 0 Å². The Kier molecular flexibility index (Phi) is 3.89. The van der Waals surface area contributed by atoms with Gasteiger partial charge in [0.15, 0.2) is 0 Å². The standard InChI is InChI=1S/C14H10F3N3/c15-14(16,17)12-2-1-3-13(20-12)19-9-11-6-4-10(8-18)5-7-11/h1-7H,9H2,(H,19,20). The van der Waals surface area contributed by atoms with Crippen LogP contribution in [0.15, 0.2) is 42.5 Å². The lowest BCUT2D eigenvalue weighted by Crippen LogP contribution is -2.10. The van der Waals surface area contributed by atoms with E-state index in [2.05, 4.69) is 10.3 Å². The zero-order valence-electron chi connectivity index (χ0n) is 10.3. The minimum absolute atomic E-state index is 0.157. The van der Waals surface area contributed by atoms with Gasteiger partial charge in [-0.15, -0.1) is 0 Å². The normalized spacial score (nSPS) is 10.9. The molecule has 0 aliphatic carbocycles.